The van der Waals surface area contributed by atoms with Crippen LogP contribution in [0.3, 0.4) is 0 Å². The highest BCUT2D eigenvalue weighted by Gasteiger charge is 2.18. The summed E-state index contributed by atoms with van der Waals surface area (Å²) in [6.45, 7) is 5.21. The lowest BCUT2D eigenvalue weighted by molar-refractivity contribution is 0.274. The molecule has 1 saturated carbocycles. The number of anilines is 2. The maximum Gasteiger partial charge on any atom is 0.131 e. The summed E-state index contributed by atoms with van der Waals surface area (Å²) in [5.41, 5.74) is 5.70. The molecule has 4 nitrogen and oxygen atoms in total. The Hall–Kier alpha value is -1.32. The molecule has 0 aromatic carbocycles. The summed E-state index contributed by atoms with van der Waals surface area (Å²) in [6, 6.07) is 1.80. The highest BCUT2D eigenvalue weighted by Crippen LogP contribution is 2.30. The molecule has 0 saturated heterocycles. The number of nitrogens with one attached hydrogen (secondary N) is 1. The first-order valence-electron chi connectivity index (χ1n) is 6.98. The lowest BCUT2D eigenvalue weighted by Crippen LogP contribution is -2.17. The second-order valence-electron chi connectivity index (χ2n) is 5.58. The molecule has 100 valence electrons. The van der Waals surface area contributed by atoms with Crippen molar-refractivity contribution in [2.45, 2.75) is 46.0 Å². The highest BCUT2D eigenvalue weighted by molar-refractivity contribution is 5.44. The van der Waals surface area contributed by atoms with Crippen LogP contribution in [0.15, 0.2) is 6.07 Å². The van der Waals surface area contributed by atoms with E-state index in [0.29, 0.717) is 5.82 Å². The number of nitrogens with zero attached hydrogens (tertiary/aromatic N) is 2. The van der Waals surface area contributed by atoms with Crippen molar-refractivity contribution in [2.24, 2.45) is 11.8 Å². The molecule has 0 spiro atoms. The van der Waals surface area contributed by atoms with E-state index in [0.717, 1.165) is 30.0 Å². The molecule has 1 aliphatic rings. The van der Waals surface area contributed by atoms with Gasteiger partial charge in [-0.3, -0.25) is 0 Å². The number of nitrogens with two attached hydrogens (primary N) is 1. The quantitative estimate of drug-likeness (QED) is 0.859. The molecule has 0 aliphatic heterocycles. The van der Waals surface area contributed by atoms with Crippen LogP contribution in [0, 0.1) is 18.8 Å². The summed E-state index contributed by atoms with van der Waals surface area (Å²) in [4.78, 5) is 8.40. The zero-order valence-corrected chi connectivity index (χ0v) is 11.4. The Labute approximate surface area is 109 Å². The van der Waals surface area contributed by atoms with Crippen molar-refractivity contribution in [3.8, 4) is 0 Å². The van der Waals surface area contributed by atoms with Gasteiger partial charge in [-0.05, 0) is 31.6 Å². The standard InChI is InChI=1S/C14H24N4/c1-10-4-3-5-12(8-10)6-7-16-14-9-13(15)17-11(2)18-14/h9-10,12H,3-8H2,1-2H3,(H3,15,16,17,18). The van der Waals surface area contributed by atoms with Gasteiger partial charge < -0.3 is 11.1 Å². The van der Waals surface area contributed by atoms with Crippen LogP contribution < -0.4 is 11.1 Å². The van der Waals surface area contributed by atoms with Gasteiger partial charge in [-0.15, -0.1) is 0 Å². The third kappa shape index (κ3) is 3.86. The highest BCUT2D eigenvalue weighted by atomic mass is 15.0. The maximum atomic E-state index is 5.70. The average molecular weight is 248 g/mol. The number of hydrogen-bond donors (Lipinski definition) is 2. The first-order valence-corrected chi connectivity index (χ1v) is 6.98. The van der Waals surface area contributed by atoms with Crippen LogP contribution in [-0.2, 0) is 0 Å². The molecule has 1 aromatic heterocycles. The van der Waals surface area contributed by atoms with Crippen LogP contribution in [0.5, 0.6) is 0 Å². The van der Waals surface area contributed by atoms with Gasteiger partial charge in [0.1, 0.15) is 17.5 Å². The fraction of sp³-hybridized carbons (Fsp3) is 0.714. The zero-order valence-electron chi connectivity index (χ0n) is 11.4. The van der Waals surface area contributed by atoms with Crippen molar-refractivity contribution in [2.75, 3.05) is 17.6 Å². The number of aryl methyl sites for hydroxylation is 1. The molecule has 1 fully saturated rings. The number of nitrogen functional groups attached to an aromatic ring is 1. The van der Waals surface area contributed by atoms with Crippen molar-refractivity contribution in [1.82, 2.24) is 9.97 Å². The van der Waals surface area contributed by atoms with E-state index in [2.05, 4.69) is 22.2 Å². The van der Waals surface area contributed by atoms with E-state index in [9.17, 15) is 0 Å². The summed E-state index contributed by atoms with van der Waals surface area (Å²) in [5, 5.41) is 3.36. The topological polar surface area (TPSA) is 63.8 Å². The molecule has 0 amide bonds. The number of rotatable bonds is 4. The summed E-state index contributed by atoms with van der Waals surface area (Å²) in [7, 11) is 0. The Bertz CT molecular complexity index is 371. The fourth-order valence-electron chi connectivity index (χ4n) is 2.91. The monoisotopic (exact) mass is 248 g/mol. The van der Waals surface area contributed by atoms with Gasteiger partial charge in [0.25, 0.3) is 0 Å². The smallest absolute Gasteiger partial charge is 0.131 e. The fourth-order valence-corrected chi connectivity index (χ4v) is 2.91. The molecule has 18 heavy (non-hydrogen) atoms. The summed E-state index contributed by atoms with van der Waals surface area (Å²) in [6.07, 6.45) is 6.80. The Balaban J connectivity index is 1.77. The van der Waals surface area contributed by atoms with Crippen LogP contribution in [0.2, 0.25) is 0 Å². The van der Waals surface area contributed by atoms with Gasteiger partial charge in [-0.25, -0.2) is 9.97 Å². The second kappa shape index (κ2) is 6.03. The van der Waals surface area contributed by atoms with E-state index in [1.54, 1.807) is 6.07 Å². The molecule has 3 N–H and O–H groups in total. The van der Waals surface area contributed by atoms with Crippen molar-refractivity contribution in [1.29, 1.82) is 0 Å². The predicted molar refractivity (Wildman–Crippen MR) is 75.4 cm³/mol. The average Bonchev–Trinajstić information content (AvgIpc) is 2.27. The predicted octanol–water partition coefficient (Wildman–Crippen LogP) is 3.00. The van der Waals surface area contributed by atoms with Crippen molar-refractivity contribution < 1.29 is 0 Å². The minimum Gasteiger partial charge on any atom is -0.384 e. The van der Waals surface area contributed by atoms with E-state index < -0.39 is 0 Å². The van der Waals surface area contributed by atoms with Crippen molar-refractivity contribution in [3.63, 3.8) is 0 Å². The Morgan fingerprint density at radius 3 is 2.94 bits per heavy atom. The lowest BCUT2D eigenvalue weighted by Gasteiger charge is -2.26. The molecule has 1 aromatic rings. The molecule has 4 heteroatoms. The van der Waals surface area contributed by atoms with Crippen LogP contribution in [0.4, 0.5) is 11.6 Å². The zero-order chi connectivity index (χ0) is 13.0. The SMILES string of the molecule is Cc1nc(N)cc(NCCC2CCCC(C)C2)n1. The van der Waals surface area contributed by atoms with Crippen LogP contribution in [-0.4, -0.2) is 16.5 Å². The van der Waals surface area contributed by atoms with Gasteiger partial charge in [0, 0.05) is 12.6 Å². The van der Waals surface area contributed by atoms with Gasteiger partial charge in [0.2, 0.25) is 0 Å². The second-order valence-corrected chi connectivity index (χ2v) is 5.58. The number of hydrogen-bond acceptors (Lipinski definition) is 4. The van der Waals surface area contributed by atoms with Gasteiger partial charge in [-0.1, -0.05) is 26.2 Å². The molecule has 1 heterocycles. The first-order chi connectivity index (χ1) is 8.63. The molecular weight excluding hydrogens is 224 g/mol. The van der Waals surface area contributed by atoms with E-state index in [4.69, 9.17) is 5.73 Å². The molecule has 2 rings (SSSR count). The van der Waals surface area contributed by atoms with Crippen LogP contribution >= 0.6 is 0 Å². The van der Waals surface area contributed by atoms with Crippen LogP contribution in [0.1, 0.15) is 44.9 Å². The normalized spacial score (nSPS) is 23.9. The van der Waals surface area contributed by atoms with Gasteiger partial charge in [-0.2, -0.15) is 0 Å². The molecule has 0 radical (unpaired) electrons. The Morgan fingerprint density at radius 2 is 2.22 bits per heavy atom. The summed E-state index contributed by atoms with van der Waals surface area (Å²) in [5.74, 6) is 3.89. The Kier molecular flexibility index (Phi) is 4.39. The maximum absolute atomic E-state index is 5.70. The van der Waals surface area contributed by atoms with Gasteiger partial charge >= 0.3 is 0 Å². The van der Waals surface area contributed by atoms with Gasteiger partial charge in [0.15, 0.2) is 0 Å². The molecule has 0 bridgehead atoms. The number of aromatic nitrogens is 2. The van der Waals surface area contributed by atoms with E-state index in [1.807, 2.05) is 6.92 Å². The van der Waals surface area contributed by atoms with E-state index >= 15 is 0 Å². The van der Waals surface area contributed by atoms with Crippen molar-refractivity contribution in [3.05, 3.63) is 11.9 Å². The first kappa shape index (κ1) is 13.1. The van der Waals surface area contributed by atoms with E-state index in [-0.39, 0.29) is 0 Å². The van der Waals surface area contributed by atoms with Crippen LogP contribution in [0.25, 0.3) is 0 Å². The third-order valence-electron chi connectivity index (χ3n) is 3.76. The minimum atomic E-state index is 0.538. The van der Waals surface area contributed by atoms with E-state index in [1.165, 1.54) is 32.1 Å². The Morgan fingerprint density at radius 1 is 1.39 bits per heavy atom. The molecule has 2 unspecified atom stereocenters. The van der Waals surface area contributed by atoms with Gasteiger partial charge in [0.05, 0.1) is 0 Å². The third-order valence-corrected chi connectivity index (χ3v) is 3.76. The largest absolute Gasteiger partial charge is 0.384 e. The molecule has 1 aliphatic carbocycles. The van der Waals surface area contributed by atoms with Crippen molar-refractivity contribution >= 4 is 11.6 Å². The summed E-state index contributed by atoms with van der Waals surface area (Å²) >= 11 is 0. The summed E-state index contributed by atoms with van der Waals surface area (Å²) < 4.78 is 0. The lowest BCUT2D eigenvalue weighted by atomic mass is 9.81. The molecular formula is C14H24N4. The minimum absolute atomic E-state index is 0.538. The molecule has 2 atom stereocenters.